The number of aliphatic carboxylic acids is 1. The molecular weight excluding hydrogens is 268 g/mol. The van der Waals surface area contributed by atoms with Crippen LogP contribution in [0.4, 0.5) is 10.5 Å². The van der Waals surface area contributed by atoms with Crippen molar-refractivity contribution in [3.8, 4) is 0 Å². The number of carbonyl (C=O) groups excluding carboxylic acids is 1. The fourth-order valence-electron chi connectivity index (χ4n) is 1.53. The summed E-state index contributed by atoms with van der Waals surface area (Å²) < 4.78 is 0. The minimum atomic E-state index is -0.875. The summed E-state index contributed by atoms with van der Waals surface area (Å²) in [5, 5.41) is 14.5. The van der Waals surface area contributed by atoms with Gasteiger partial charge in [-0.15, -0.1) is 0 Å². The van der Waals surface area contributed by atoms with E-state index in [0.717, 1.165) is 5.56 Å². The van der Waals surface area contributed by atoms with E-state index in [1.54, 1.807) is 19.1 Å². The van der Waals surface area contributed by atoms with Gasteiger partial charge in [0.15, 0.2) is 0 Å². The molecule has 1 aromatic carbocycles. The number of anilines is 1. The molecular formula is C13H17ClN2O3. The first-order chi connectivity index (χ1) is 8.88. The van der Waals surface area contributed by atoms with Crippen LogP contribution in [0.3, 0.4) is 0 Å². The number of hydrogen-bond donors (Lipinski definition) is 3. The van der Waals surface area contributed by atoms with Gasteiger partial charge in [-0.05, 0) is 30.5 Å². The Hall–Kier alpha value is -1.75. The van der Waals surface area contributed by atoms with Gasteiger partial charge >= 0.3 is 12.0 Å². The zero-order chi connectivity index (χ0) is 14.4. The maximum Gasteiger partial charge on any atom is 0.319 e. The van der Waals surface area contributed by atoms with Crippen LogP contribution in [0.1, 0.15) is 18.9 Å². The number of benzene rings is 1. The third-order valence-electron chi connectivity index (χ3n) is 2.58. The number of aryl methyl sites for hydroxylation is 1. The van der Waals surface area contributed by atoms with Crippen LogP contribution in [0.2, 0.25) is 5.02 Å². The quantitative estimate of drug-likeness (QED) is 0.778. The second-order valence-corrected chi connectivity index (χ2v) is 4.93. The van der Waals surface area contributed by atoms with Crippen molar-refractivity contribution in [1.82, 2.24) is 5.32 Å². The van der Waals surface area contributed by atoms with Crippen LogP contribution in [-0.2, 0) is 4.79 Å². The van der Waals surface area contributed by atoms with Crippen LogP contribution >= 0.6 is 11.6 Å². The Bertz CT molecular complexity index is 477. The van der Waals surface area contributed by atoms with Crippen LogP contribution in [-0.4, -0.2) is 23.7 Å². The van der Waals surface area contributed by atoms with E-state index in [0.29, 0.717) is 17.3 Å². The maximum atomic E-state index is 11.7. The number of hydrogen-bond acceptors (Lipinski definition) is 2. The molecule has 1 aromatic rings. The van der Waals surface area contributed by atoms with Gasteiger partial charge in [-0.25, -0.2) is 4.79 Å². The van der Waals surface area contributed by atoms with Crippen molar-refractivity contribution in [2.24, 2.45) is 5.92 Å². The monoisotopic (exact) mass is 284 g/mol. The molecule has 0 heterocycles. The molecule has 0 saturated carbocycles. The number of carbonyl (C=O) groups is 2. The van der Waals surface area contributed by atoms with E-state index in [4.69, 9.17) is 16.7 Å². The molecule has 6 heteroatoms. The van der Waals surface area contributed by atoms with Gasteiger partial charge in [-0.1, -0.05) is 24.6 Å². The lowest BCUT2D eigenvalue weighted by Crippen LogP contribution is -2.33. The molecule has 1 rings (SSSR count). The standard InChI is InChI=1S/C13H17ClN2O3/c1-8(5-12(17)18)7-15-13(19)16-11-6-10(14)4-3-9(11)2/h3-4,6,8H,5,7H2,1-2H3,(H,17,18)(H2,15,16,19). The van der Waals surface area contributed by atoms with Gasteiger partial charge in [0.1, 0.15) is 0 Å². The molecule has 0 spiro atoms. The summed E-state index contributed by atoms with van der Waals surface area (Å²) in [5.41, 5.74) is 1.54. The predicted molar refractivity (Wildman–Crippen MR) is 74.6 cm³/mol. The molecule has 0 saturated heterocycles. The summed E-state index contributed by atoms with van der Waals surface area (Å²) in [6, 6.07) is 4.85. The number of carboxylic acids is 1. The fraction of sp³-hybridized carbons (Fsp3) is 0.385. The third kappa shape index (κ3) is 5.61. The first kappa shape index (κ1) is 15.3. The molecule has 0 bridgehead atoms. The van der Waals surface area contributed by atoms with Crippen LogP contribution in [0.5, 0.6) is 0 Å². The van der Waals surface area contributed by atoms with E-state index in [1.807, 2.05) is 13.0 Å². The van der Waals surface area contributed by atoms with E-state index >= 15 is 0 Å². The molecule has 2 amide bonds. The Labute approximate surface area is 117 Å². The molecule has 0 radical (unpaired) electrons. The van der Waals surface area contributed by atoms with Gasteiger partial charge in [0.05, 0.1) is 0 Å². The Balaban J connectivity index is 2.47. The number of nitrogens with one attached hydrogen (secondary N) is 2. The molecule has 19 heavy (non-hydrogen) atoms. The average molecular weight is 285 g/mol. The lowest BCUT2D eigenvalue weighted by Gasteiger charge is -2.12. The first-order valence-electron chi connectivity index (χ1n) is 5.91. The summed E-state index contributed by atoms with van der Waals surface area (Å²) in [7, 11) is 0. The average Bonchev–Trinajstić information content (AvgIpc) is 2.30. The van der Waals surface area contributed by atoms with Gasteiger partial charge < -0.3 is 15.7 Å². The second-order valence-electron chi connectivity index (χ2n) is 4.50. The topological polar surface area (TPSA) is 78.4 Å². The van der Waals surface area contributed by atoms with Crippen molar-refractivity contribution >= 4 is 29.3 Å². The Morgan fingerprint density at radius 2 is 2.11 bits per heavy atom. The summed E-state index contributed by atoms with van der Waals surface area (Å²) in [4.78, 5) is 22.1. The third-order valence-corrected chi connectivity index (χ3v) is 2.82. The summed E-state index contributed by atoms with van der Waals surface area (Å²) in [6.45, 7) is 3.93. The van der Waals surface area contributed by atoms with Crippen molar-refractivity contribution in [1.29, 1.82) is 0 Å². The molecule has 0 aliphatic rings. The van der Waals surface area contributed by atoms with Crippen molar-refractivity contribution in [3.63, 3.8) is 0 Å². The van der Waals surface area contributed by atoms with Crippen molar-refractivity contribution < 1.29 is 14.7 Å². The van der Waals surface area contributed by atoms with Crippen molar-refractivity contribution in [2.75, 3.05) is 11.9 Å². The number of carboxylic acid groups (broad SMARTS) is 1. The first-order valence-corrected chi connectivity index (χ1v) is 6.29. The van der Waals surface area contributed by atoms with Crippen LogP contribution in [0.25, 0.3) is 0 Å². The van der Waals surface area contributed by atoms with Crippen LogP contribution in [0.15, 0.2) is 18.2 Å². The Kier molecular flexibility index (Phi) is 5.63. The molecule has 104 valence electrons. The molecule has 0 aliphatic carbocycles. The van der Waals surface area contributed by atoms with Crippen molar-refractivity contribution in [2.45, 2.75) is 20.3 Å². The lowest BCUT2D eigenvalue weighted by molar-refractivity contribution is -0.137. The van der Waals surface area contributed by atoms with E-state index in [-0.39, 0.29) is 18.4 Å². The van der Waals surface area contributed by atoms with Crippen molar-refractivity contribution in [3.05, 3.63) is 28.8 Å². The van der Waals surface area contributed by atoms with E-state index in [9.17, 15) is 9.59 Å². The van der Waals surface area contributed by atoms with E-state index in [1.165, 1.54) is 0 Å². The van der Waals surface area contributed by atoms with E-state index < -0.39 is 5.97 Å². The number of urea groups is 1. The molecule has 0 fully saturated rings. The normalized spacial score (nSPS) is 11.7. The minimum Gasteiger partial charge on any atom is -0.481 e. The minimum absolute atomic E-state index is 0.0243. The lowest BCUT2D eigenvalue weighted by atomic mass is 10.1. The van der Waals surface area contributed by atoms with Gasteiger partial charge in [-0.3, -0.25) is 4.79 Å². The molecule has 5 nitrogen and oxygen atoms in total. The smallest absolute Gasteiger partial charge is 0.319 e. The molecule has 1 unspecified atom stereocenters. The van der Waals surface area contributed by atoms with Crippen LogP contribution < -0.4 is 10.6 Å². The second kappa shape index (κ2) is 6.99. The summed E-state index contributed by atoms with van der Waals surface area (Å²) in [5.74, 6) is -0.996. The Morgan fingerprint density at radius 3 is 2.74 bits per heavy atom. The number of amides is 2. The summed E-state index contributed by atoms with van der Waals surface area (Å²) in [6.07, 6.45) is 0.0243. The van der Waals surface area contributed by atoms with Gasteiger partial charge in [0.2, 0.25) is 0 Å². The zero-order valence-electron chi connectivity index (χ0n) is 10.9. The SMILES string of the molecule is Cc1ccc(Cl)cc1NC(=O)NCC(C)CC(=O)O. The molecule has 1 atom stereocenters. The zero-order valence-corrected chi connectivity index (χ0v) is 11.6. The van der Waals surface area contributed by atoms with Gasteiger partial charge in [-0.2, -0.15) is 0 Å². The largest absolute Gasteiger partial charge is 0.481 e. The van der Waals surface area contributed by atoms with Crippen LogP contribution in [0, 0.1) is 12.8 Å². The molecule has 0 aliphatic heterocycles. The fourth-order valence-corrected chi connectivity index (χ4v) is 1.70. The maximum absolute atomic E-state index is 11.7. The Morgan fingerprint density at radius 1 is 1.42 bits per heavy atom. The highest BCUT2D eigenvalue weighted by Gasteiger charge is 2.10. The van der Waals surface area contributed by atoms with Gasteiger partial charge in [0.25, 0.3) is 0 Å². The number of rotatable bonds is 5. The highest BCUT2D eigenvalue weighted by Crippen LogP contribution is 2.19. The highest BCUT2D eigenvalue weighted by atomic mass is 35.5. The molecule has 3 N–H and O–H groups in total. The summed E-state index contributed by atoms with van der Waals surface area (Å²) >= 11 is 5.85. The van der Waals surface area contributed by atoms with Gasteiger partial charge in [0, 0.05) is 23.7 Å². The number of halogens is 1. The predicted octanol–water partition coefficient (Wildman–Crippen LogP) is 2.88. The highest BCUT2D eigenvalue weighted by molar-refractivity contribution is 6.31. The molecule has 0 aromatic heterocycles. The van der Waals surface area contributed by atoms with E-state index in [2.05, 4.69) is 10.6 Å².